The van der Waals surface area contributed by atoms with Crippen molar-refractivity contribution in [3.63, 3.8) is 0 Å². The quantitative estimate of drug-likeness (QED) is 0.226. The summed E-state index contributed by atoms with van der Waals surface area (Å²) in [5.41, 5.74) is -5.07. The van der Waals surface area contributed by atoms with Gasteiger partial charge in [0.2, 0.25) is 0 Å². The number of allylic oxidation sites excluding steroid dienone is 2. The molecule has 2 aromatic rings. The number of fused-ring (bicyclic) bond motifs is 8. The van der Waals surface area contributed by atoms with Gasteiger partial charge in [-0.3, -0.25) is 0 Å². The molecular weight excluding hydrogens is 590 g/mol. The number of hydrogen-bond donors (Lipinski definition) is 0. The van der Waals surface area contributed by atoms with Crippen LogP contribution in [-0.2, 0) is 29.8 Å². The Morgan fingerprint density at radius 2 is 1.00 bits per heavy atom. The summed E-state index contributed by atoms with van der Waals surface area (Å²) in [7, 11) is 2.77. The number of hydrogen-bond acceptors (Lipinski definition) is 6. The molecule has 2 aliphatic heterocycles. The van der Waals surface area contributed by atoms with Gasteiger partial charge in [-0.15, -0.1) is 0 Å². The molecule has 0 N–H and O–H groups in total. The second-order valence-electron chi connectivity index (χ2n) is 10.4. The molecule has 220 valence electrons. The van der Waals surface area contributed by atoms with Crippen LogP contribution in [0.5, 0.6) is 0 Å². The average Bonchev–Trinajstić information content (AvgIpc) is 3.50. The molecule has 12 heteroatoms. The maximum Gasteiger partial charge on any atom is 0.380 e. The Kier molecular flexibility index (Phi) is 6.76. The van der Waals surface area contributed by atoms with Gasteiger partial charge in [0, 0.05) is 45.0 Å². The van der Waals surface area contributed by atoms with E-state index in [-0.39, 0.29) is 23.4 Å². The summed E-state index contributed by atoms with van der Waals surface area (Å²) >= 11 is 1.61. The van der Waals surface area contributed by atoms with Crippen LogP contribution >= 0.6 is 23.5 Å². The normalized spacial score (nSPS) is 29.5. The maximum atomic E-state index is 16.0. The second-order valence-corrected chi connectivity index (χ2v) is 12.5. The van der Waals surface area contributed by atoms with Gasteiger partial charge in [0.1, 0.15) is 13.6 Å². The van der Waals surface area contributed by atoms with E-state index in [1.54, 1.807) is 62.4 Å². The van der Waals surface area contributed by atoms with E-state index in [1.807, 2.05) is 0 Å². The summed E-state index contributed by atoms with van der Waals surface area (Å²) in [5, 5.41) is 0. The van der Waals surface area contributed by atoms with Gasteiger partial charge in [-0.25, -0.2) is 0 Å². The smallest absolute Gasteiger partial charge is 0.359 e. The Balaban J connectivity index is 1.86. The molecule has 0 saturated heterocycles. The van der Waals surface area contributed by atoms with Crippen molar-refractivity contribution in [1.82, 2.24) is 0 Å². The van der Waals surface area contributed by atoms with Gasteiger partial charge in [-0.2, -0.15) is 26.3 Å². The minimum Gasteiger partial charge on any atom is -0.359 e. The Morgan fingerprint density at radius 3 is 1.37 bits per heavy atom. The first-order chi connectivity index (χ1) is 19.4. The van der Waals surface area contributed by atoms with E-state index < -0.39 is 52.0 Å². The zero-order valence-corrected chi connectivity index (χ0v) is 24.0. The molecule has 0 bridgehead atoms. The third kappa shape index (κ3) is 3.26. The fraction of sp³-hybridized carbons (Fsp3) is 0.448. The van der Waals surface area contributed by atoms with E-state index >= 15 is 26.3 Å². The van der Waals surface area contributed by atoms with Gasteiger partial charge in [-0.05, 0) is 37.1 Å². The van der Waals surface area contributed by atoms with Crippen LogP contribution in [0.3, 0.4) is 0 Å². The molecule has 6 rings (SSSR count). The number of methoxy groups -OCH3 is 2. The molecule has 0 spiro atoms. The van der Waals surface area contributed by atoms with E-state index in [4.69, 9.17) is 18.9 Å². The molecule has 4 atom stereocenters. The zero-order valence-electron chi connectivity index (χ0n) is 22.4. The zero-order chi connectivity index (χ0) is 29.6. The summed E-state index contributed by atoms with van der Waals surface area (Å²) in [4.78, 5) is 0.358. The fourth-order valence-electron chi connectivity index (χ4n) is 7.04. The van der Waals surface area contributed by atoms with Crippen molar-refractivity contribution >= 4 is 23.5 Å². The highest BCUT2D eigenvalue weighted by Gasteiger charge is 2.86. The molecule has 0 radical (unpaired) electrons. The van der Waals surface area contributed by atoms with Crippen LogP contribution in [0.25, 0.3) is 0 Å². The number of rotatable bonds is 8. The van der Waals surface area contributed by atoms with Crippen molar-refractivity contribution in [2.45, 2.75) is 64.4 Å². The van der Waals surface area contributed by atoms with Gasteiger partial charge >= 0.3 is 17.8 Å². The van der Waals surface area contributed by atoms with Gasteiger partial charge in [0.05, 0.1) is 23.0 Å². The molecule has 2 aliphatic carbocycles. The third-order valence-corrected chi connectivity index (χ3v) is 11.2. The average molecular weight is 617 g/mol. The Morgan fingerprint density at radius 1 is 0.634 bits per heavy atom. The van der Waals surface area contributed by atoms with Gasteiger partial charge in [-0.1, -0.05) is 59.9 Å². The first-order valence-corrected chi connectivity index (χ1v) is 14.4. The lowest BCUT2D eigenvalue weighted by atomic mass is 9.49. The highest BCUT2D eigenvalue weighted by atomic mass is 32.2. The maximum absolute atomic E-state index is 16.0. The summed E-state index contributed by atoms with van der Waals surface area (Å²) in [6.45, 7) is 2.74. The Hall–Kier alpha value is -1.96. The largest absolute Gasteiger partial charge is 0.380 e. The minimum atomic E-state index is -5.68. The number of alkyl halides is 6. The highest BCUT2D eigenvalue weighted by molar-refractivity contribution is 8.04. The Labute approximate surface area is 241 Å². The van der Waals surface area contributed by atoms with Crippen LogP contribution in [0.15, 0.2) is 79.3 Å². The van der Waals surface area contributed by atoms with E-state index in [2.05, 4.69) is 0 Å². The first kappa shape index (κ1) is 29.1. The number of halogens is 6. The molecule has 2 aromatic carbocycles. The van der Waals surface area contributed by atoms with E-state index in [1.165, 1.54) is 14.2 Å². The molecule has 0 amide bonds. The van der Waals surface area contributed by atoms with Crippen molar-refractivity contribution in [2.24, 2.45) is 0 Å². The van der Waals surface area contributed by atoms with Crippen molar-refractivity contribution < 1.29 is 45.3 Å². The molecule has 4 aliphatic rings. The summed E-state index contributed by atoms with van der Waals surface area (Å²) in [5.74, 6) is -16.0. The lowest BCUT2D eigenvalue weighted by Crippen LogP contribution is -2.63. The van der Waals surface area contributed by atoms with Crippen LogP contribution < -0.4 is 0 Å². The van der Waals surface area contributed by atoms with E-state index in [0.717, 1.165) is 23.5 Å². The predicted molar refractivity (Wildman–Crippen MR) is 142 cm³/mol. The van der Waals surface area contributed by atoms with Crippen LogP contribution in [0.4, 0.5) is 26.3 Å². The fourth-order valence-corrected chi connectivity index (χ4v) is 10.3. The summed E-state index contributed by atoms with van der Waals surface area (Å²) in [6.07, 6.45) is -2.06. The summed E-state index contributed by atoms with van der Waals surface area (Å²) < 4.78 is 117. The molecule has 2 heterocycles. The first-order valence-electron chi connectivity index (χ1n) is 12.8. The molecular formula is C29H26F6O4S2. The van der Waals surface area contributed by atoms with Gasteiger partial charge in [0.25, 0.3) is 0 Å². The van der Waals surface area contributed by atoms with Crippen molar-refractivity contribution in [3.05, 3.63) is 80.6 Å². The van der Waals surface area contributed by atoms with Crippen LogP contribution in [0, 0.1) is 0 Å². The number of benzene rings is 2. The third-order valence-electron chi connectivity index (χ3n) is 8.60. The molecule has 1 fully saturated rings. The monoisotopic (exact) mass is 616 g/mol. The SMILES string of the molecule is COCOC(C)C12C(=C3C(=C4Sc5ccccc5C41C(C)OCOC)C(F)(F)C(F)(F)C3(F)F)Sc1ccccc12. The van der Waals surface area contributed by atoms with E-state index in [0.29, 0.717) is 20.9 Å². The lowest BCUT2D eigenvalue weighted by Gasteiger charge is -2.56. The molecule has 4 unspecified atom stereocenters. The van der Waals surface area contributed by atoms with Gasteiger partial charge in [0.15, 0.2) is 0 Å². The molecule has 41 heavy (non-hydrogen) atoms. The van der Waals surface area contributed by atoms with Crippen LogP contribution in [-0.4, -0.2) is 57.8 Å². The second kappa shape index (κ2) is 9.52. The van der Waals surface area contributed by atoms with Crippen LogP contribution in [0.2, 0.25) is 0 Å². The Bertz CT molecular complexity index is 1370. The number of thioether (sulfide) groups is 2. The molecule has 0 aromatic heterocycles. The standard InChI is InChI=1S/C29H26F6O4S2/c1-15(38-13-36-3)25-17-9-5-7-11-19(17)40-23(25)21-22(28(32,33)29(34,35)27(21,30)31)24-26(25,16(2)39-14-37-4)18-10-6-8-12-20(18)41-24/h5-12,15-16H,13-14H2,1-4H3. The molecule has 4 nitrogen and oxygen atoms in total. The van der Waals surface area contributed by atoms with Crippen molar-refractivity contribution in [3.8, 4) is 0 Å². The van der Waals surface area contributed by atoms with Crippen molar-refractivity contribution in [2.75, 3.05) is 27.8 Å². The minimum absolute atomic E-state index is 0.259. The molecule has 1 saturated carbocycles. The summed E-state index contributed by atoms with van der Waals surface area (Å²) in [6, 6.07) is 13.5. The van der Waals surface area contributed by atoms with Crippen LogP contribution in [0.1, 0.15) is 25.0 Å². The lowest BCUT2D eigenvalue weighted by molar-refractivity contribution is -0.258. The van der Waals surface area contributed by atoms with Crippen molar-refractivity contribution in [1.29, 1.82) is 0 Å². The predicted octanol–water partition coefficient (Wildman–Crippen LogP) is 7.53. The van der Waals surface area contributed by atoms with Gasteiger partial charge < -0.3 is 18.9 Å². The topological polar surface area (TPSA) is 36.9 Å². The van der Waals surface area contributed by atoms with E-state index in [9.17, 15) is 0 Å². The number of ether oxygens (including phenoxy) is 4. The highest BCUT2D eigenvalue weighted by Crippen LogP contribution is 2.79.